The van der Waals surface area contributed by atoms with Crippen molar-refractivity contribution in [3.8, 4) is 0 Å². The Morgan fingerprint density at radius 3 is 2.42 bits per heavy atom. The number of carbonyl (C=O) groups excluding carboxylic acids is 2. The van der Waals surface area contributed by atoms with E-state index in [1.54, 1.807) is 11.8 Å². The number of para-hydroxylation sites is 1. The summed E-state index contributed by atoms with van der Waals surface area (Å²) in [6.07, 6.45) is 0.849. The van der Waals surface area contributed by atoms with Gasteiger partial charge in [-0.1, -0.05) is 36.4 Å². The van der Waals surface area contributed by atoms with E-state index in [1.807, 2.05) is 48.5 Å². The molecule has 4 nitrogen and oxygen atoms in total. The zero-order valence-electron chi connectivity index (χ0n) is 14.1. The van der Waals surface area contributed by atoms with Crippen molar-refractivity contribution in [2.75, 3.05) is 5.32 Å². The Balaban J connectivity index is 1.41. The third-order valence-corrected chi connectivity index (χ3v) is 7.34. The van der Waals surface area contributed by atoms with Gasteiger partial charge in [0.1, 0.15) is 6.10 Å². The predicted octanol–water partition coefficient (Wildman–Crippen LogP) is 3.59. The lowest BCUT2D eigenvalue weighted by molar-refractivity contribution is -0.145. The SMILES string of the molecule is O=C(Nc1ccccc1)[C@@H]1[C@H]2C[C@@H]3[C@@H](OC(=O)[C@@H]31)[C@H]2Sc1ccccc1. The summed E-state index contributed by atoms with van der Waals surface area (Å²) in [6, 6.07) is 19.6. The third-order valence-electron chi connectivity index (χ3n) is 5.91. The number of carbonyl (C=O) groups is 2. The number of fused-ring (bicyclic) bond motifs is 1. The highest BCUT2D eigenvalue weighted by molar-refractivity contribution is 8.00. The molecule has 1 amide bonds. The Kier molecular flexibility index (Phi) is 3.78. The van der Waals surface area contributed by atoms with Crippen LogP contribution in [0.1, 0.15) is 6.42 Å². The average molecular weight is 365 g/mol. The number of hydrogen-bond acceptors (Lipinski definition) is 4. The number of esters is 1. The molecule has 132 valence electrons. The quantitative estimate of drug-likeness (QED) is 0.842. The molecule has 2 bridgehead atoms. The van der Waals surface area contributed by atoms with Crippen LogP contribution in [0.5, 0.6) is 0 Å². The van der Waals surface area contributed by atoms with E-state index in [0.29, 0.717) is 0 Å². The summed E-state index contributed by atoms with van der Waals surface area (Å²) in [6.45, 7) is 0. The number of benzene rings is 2. The van der Waals surface area contributed by atoms with Gasteiger partial charge in [-0.2, -0.15) is 0 Å². The van der Waals surface area contributed by atoms with Gasteiger partial charge in [-0.15, -0.1) is 11.8 Å². The largest absolute Gasteiger partial charge is 0.461 e. The Labute approximate surface area is 156 Å². The second-order valence-corrected chi connectivity index (χ2v) is 8.52. The van der Waals surface area contributed by atoms with Crippen molar-refractivity contribution < 1.29 is 14.3 Å². The van der Waals surface area contributed by atoms with Gasteiger partial charge in [-0.05, 0) is 36.6 Å². The number of anilines is 1. The molecular weight excluding hydrogens is 346 g/mol. The maximum Gasteiger partial charge on any atom is 0.310 e. The van der Waals surface area contributed by atoms with E-state index in [9.17, 15) is 9.59 Å². The molecule has 1 N–H and O–H groups in total. The summed E-state index contributed by atoms with van der Waals surface area (Å²) < 4.78 is 5.71. The number of amides is 1. The summed E-state index contributed by atoms with van der Waals surface area (Å²) in [7, 11) is 0. The molecule has 26 heavy (non-hydrogen) atoms. The molecule has 6 atom stereocenters. The van der Waals surface area contributed by atoms with Crippen LogP contribution in [-0.2, 0) is 14.3 Å². The van der Waals surface area contributed by atoms with Crippen LogP contribution in [0.4, 0.5) is 5.69 Å². The molecule has 0 unspecified atom stereocenters. The molecule has 2 aromatic rings. The van der Waals surface area contributed by atoms with Crippen molar-refractivity contribution in [1.82, 2.24) is 0 Å². The van der Waals surface area contributed by atoms with Crippen molar-refractivity contribution in [2.24, 2.45) is 23.7 Å². The Hall–Kier alpha value is -2.27. The first kappa shape index (κ1) is 15.9. The smallest absolute Gasteiger partial charge is 0.310 e. The van der Waals surface area contributed by atoms with Crippen molar-refractivity contribution >= 4 is 29.3 Å². The first-order valence-corrected chi connectivity index (χ1v) is 9.88. The molecule has 3 fully saturated rings. The van der Waals surface area contributed by atoms with Gasteiger partial charge in [-0.3, -0.25) is 9.59 Å². The molecule has 1 aliphatic heterocycles. The van der Waals surface area contributed by atoms with Crippen LogP contribution in [0.25, 0.3) is 0 Å². The summed E-state index contributed by atoms with van der Waals surface area (Å²) in [5.41, 5.74) is 0.774. The second kappa shape index (κ2) is 6.16. The number of nitrogens with one attached hydrogen (secondary N) is 1. The molecule has 5 heteroatoms. The fourth-order valence-electron chi connectivity index (χ4n) is 4.91. The third kappa shape index (κ3) is 2.45. The fourth-order valence-corrected chi connectivity index (χ4v) is 6.38. The standard InChI is InChI=1S/C21H19NO3S/c23-20(22-12-7-3-1-4-8-12)16-15-11-14-17(16)21(24)25-18(14)19(15)26-13-9-5-2-6-10-13/h1-10,14-19H,11H2,(H,22,23)/t14-,15+,16+,17-,18+,19-/m0/s1. The first-order valence-electron chi connectivity index (χ1n) is 9.00. The fraction of sp³-hybridized carbons (Fsp3) is 0.333. The van der Waals surface area contributed by atoms with Crippen molar-refractivity contribution in [3.63, 3.8) is 0 Å². The molecular formula is C21H19NO3S. The average Bonchev–Trinajstić information content (AvgIpc) is 3.27. The Morgan fingerprint density at radius 2 is 1.69 bits per heavy atom. The Bertz CT molecular complexity index is 841. The zero-order valence-corrected chi connectivity index (χ0v) is 14.9. The van der Waals surface area contributed by atoms with E-state index in [4.69, 9.17) is 4.74 Å². The van der Waals surface area contributed by atoms with Crippen LogP contribution in [0.2, 0.25) is 0 Å². The highest BCUT2D eigenvalue weighted by Crippen LogP contribution is 2.61. The van der Waals surface area contributed by atoms with Crippen LogP contribution >= 0.6 is 11.8 Å². The van der Waals surface area contributed by atoms with Gasteiger partial charge in [0, 0.05) is 16.5 Å². The molecule has 5 rings (SSSR count). The molecule has 2 aliphatic carbocycles. The van der Waals surface area contributed by atoms with E-state index in [1.165, 1.54) is 0 Å². The molecule has 0 radical (unpaired) electrons. The number of hydrogen-bond donors (Lipinski definition) is 1. The molecule has 0 aromatic heterocycles. The van der Waals surface area contributed by atoms with Crippen LogP contribution in [-0.4, -0.2) is 23.2 Å². The van der Waals surface area contributed by atoms with E-state index in [0.717, 1.165) is 17.0 Å². The topological polar surface area (TPSA) is 55.4 Å². The highest BCUT2D eigenvalue weighted by Gasteiger charge is 2.68. The minimum atomic E-state index is -0.298. The molecule has 2 saturated carbocycles. The lowest BCUT2D eigenvalue weighted by atomic mass is 9.79. The van der Waals surface area contributed by atoms with Crippen LogP contribution in [0.3, 0.4) is 0 Å². The summed E-state index contributed by atoms with van der Waals surface area (Å²) in [5.74, 6) is -0.457. The van der Waals surface area contributed by atoms with E-state index in [2.05, 4.69) is 17.4 Å². The lowest BCUT2D eigenvalue weighted by Crippen LogP contribution is -2.41. The summed E-state index contributed by atoms with van der Waals surface area (Å²) in [4.78, 5) is 26.6. The van der Waals surface area contributed by atoms with E-state index >= 15 is 0 Å². The van der Waals surface area contributed by atoms with E-state index in [-0.39, 0.29) is 46.9 Å². The predicted molar refractivity (Wildman–Crippen MR) is 99.6 cm³/mol. The van der Waals surface area contributed by atoms with Crippen LogP contribution < -0.4 is 5.32 Å². The van der Waals surface area contributed by atoms with Crippen molar-refractivity contribution in [3.05, 3.63) is 60.7 Å². The molecule has 1 heterocycles. The number of rotatable bonds is 4. The lowest BCUT2D eigenvalue weighted by Gasteiger charge is -2.30. The number of thioether (sulfide) groups is 1. The van der Waals surface area contributed by atoms with Gasteiger partial charge in [0.15, 0.2) is 0 Å². The summed E-state index contributed by atoms with van der Waals surface area (Å²) in [5, 5.41) is 3.15. The minimum absolute atomic E-state index is 0.0512. The second-order valence-electron chi connectivity index (χ2n) is 7.27. The maximum absolute atomic E-state index is 13.0. The molecule has 0 spiro atoms. The summed E-state index contributed by atoms with van der Waals surface area (Å²) >= 11 is 1.75. The first-order chi connectivity index (χ1) is 12.7. The molecule has 3 aliphatic rings. The normalized spacial score (nSPS) is 33.9. The van der Waals surface area contributed by atoms with Gasteiger partial charge in [0.25, 0.3) is 0 Å². The van der Waals surface area contributed by atoms with Crippen LogP contribution in [0, 0.1) is 23.7 Å². The Morgan fingerprint density at radius 1 is 1.00 bits per heavy atom. The minimum Gasteiger partial charge on any atom is -0.461 e. The monoisotopic (exact) mass is 365 g/mol. The van der Waals surface area contributed by atoms with Crippen molar-refractivity contribution in [2.45, 2.75) is 22.7 Å². The van der Waals surface area contributed by atoms with Gasteiger partial charge < -0.3 is 10.1 Å². The maximum atomic E-state index is 13.0. The highest BCUT2D eigenvalue weighted by atomic mass is 32.2. The van der Waals surface area contributed by atoms with Gasteiger partial charge in [-0.25, -0.2) is 0 Å². The van der Waals surface area contributed by atoms with E-state index < -0.39 is 0 Å². The van der Waals surface area contributed by atoms with Gasteiger partial charge in [0.2, 0.25) is 5.91 Å². The van der Waals surface area contributed by atoms with Gasteiger partial charge in [0.05, 0.1) is 17.1 Å². The molecule has 1 saturated heterocycles. The van der Waals surface area contributed by atoms with Crippen molar-refractivity contribution in [1.29, 1.82) is 0 Å². The molecule has 2 aromatic carbocycles. The zero-order chi connectivity index (χ0) is 17.7. The van der Waals surface area contributed by atoms with Crippen LogP contribution in [0.15, 0.2) is 65.6 Å². The number of ether oxygens (including phenoxy) is 1. The van der Waals surface area contributed by atoms with Gasteiger partial charge >= 0.3 is 5.97 Å².